The van der Waals surface area contributed by atoms with Crippen molar-refractivity contribution in [2.45, 2.75) is 38.1 Å². The van der Waals surface area contributed by atoms with E-state index in [1.54, 1.807) is 0 Å². The van der Waals surface area contributed by atoms with Crippen LogP contribution in [0.15, 0.2) is 17.8 Å². The number of thiazole rings is 1. The summed E-state index contributed by atoms with van der Waals surface area (Å²) in [5.74, 6) is -1.02. The maximum atomic E-state index is 12.0. The van der Waals surface area contributed by atoms with Crippen LogP contribution in [-0.4, -0.2) is 32.4 Å². The number of rotatable bonds is 4. The van der Waals surface area contributed by atoms with Gasteiger partial charge in [0, 0.05) is 23.8 Å². The van der Waals surface area contributed by atoms with Gasteiger partial charge in [-0.2, -0.15) is 0 Å². The van der Waals surface area contributed by atoms with Crippen LogP contribution in [-0.2, 0) is 16.0 Å². The van der Waals surface area contributed by atoms with E-state index in [1.165, 1.54) is 11.3 Å². The Morgan fingerprint density at radius 1 is 1.38 bits per heavy atom. The van der Waals surface area contributed by atoms with Crippen molar-refractivity contribution in [1.29, 1.82) is 0 Å². The molecule has 1 amide bonds. The van der Waals surface area contributed by atoms with Gasteiger partial charge in [-0.3, -0.25) is 14.0 Å². The average molecular weight is 307 g/mol. The molecule has 2 aromatic rings. The number of imidazole rings is 1. The number of carboxylic acid groups (broad SMARTS) is 1. The molecule has 1 aliphatic carbocycles. The summed E-state index contributed by atoms with van der Waals surface area (Å²) in [6.07, 6.45) is 6.81. The maximum Gasteiger partial charge on any atom is 0.306 e. The van der Waals surface area contributed by atoms with Crippen LogP contribution in [0.3, 0.4) is 0 Å². The number of carbonyl (C=O) groups is 2. The summed E-state index contributed by atoms with van der Waals surface area (Å²) in [7, 11) is 0. The highest BCUT2D eigenvalue weighted by atomic mass is 32.1. The molecule has 0 unspecified atom stereocenters. The minimum atomic E-state index is -0.724. The van der Waals surface area contributed by atoms with Crippen LogP contribution in [0.25, 0.3) is 4.96 Å². The van der Waals surface area contributed by atoms with Gasteiger partial charge in [-0.05, 0) is 25.7 Å². The number of carboxylic acids is 1. The standard InChI is InChI=1S/C14H17N3O3S/c18-12(7-11-8-17-5-6-21-14(17)16-11)15-10-3-1-9(2-4-10)13(19)20/h5-6,8-10H,1-4,7H2,(H,15,18)(H,19,20). The van der Waals surface area contributed by atoms with Gasteiger partial charge in [0.05, 0.1) is 18.0 Å². The van der Waals surface area contributed by atoms with Crippen molar-refractivity contribution < 1.29 is 14.7 Å². The smallest absolute Gasteiger partial charge is 0.306 e. The second-order valence-electron chi connectivity index (χ2n) is 5.46. The molecule has 2 heterocycles. The molecule has 0 bridgehead atoms. The van der Waals surface area contributed by atoms with Crippen LogP contribution < -0.4 is 5.32 Å². The van der Waals surface area contributed by atoms with Crippen molar-refractivity contribution in [3.8, 4) is 0 Å². The number of carbonyl (C=O) groups excluding carboxylic acids is 1. The normalized spacial score (nSPS) is 22.3. The highest BCUT2D eigenvalue weighted by molar-refractivity contribution is 7.15. The molecule has 1 aliphatic rings. The SMILES string of the molecule is O=C(Cc1cn2ccsc2n1)NC1CCC(C(=O)O)CC1. The Kier molecular flexibility index (Phi) is 3.92. The predicted octanol–water partition coefficient (Wildman–Crippen LogP) is 1.70. The lowest BCUT2D eigenvalue weighted by Crippen LogP contribution is -2.39. The minimum absolute atomic E-state index is 0.0421. The predicted molar refractivity (Wildman–Crippen MR) is 78.3 cm³/mol. The van der Waals surface area contributed by atoms with Crippen LogP contribution in [0.5, 0.6) is 0 Å². The first-order chi connectivity index (χ1) is 10.1. The van der Waals surface area contributed by atoms with Crippen LogP contribution in [0, 0.1) is 5.92 Å². The molecule has 0 aromatic carbocycles. The molecule has 2 aromatic heterocycles. The van der Waals surface area contributed by atoms with Gasteiger partial charge >= 0.3 is 5.97 Å². The number of fused-ring (bicyclic) bond motifs is 1. The lowest BCUT2D eigenvalue weighted by molar-refractivity contribution is -0.142. The molecule has 6 nitrogen and oxygen atoms in total. The Hall–Kier alpha value is -1.89. The Morgan fingerprint density at radius 3 is 2.81 bits per heavy atom. The van der Waals surface area contributed by atoms with Gasteiger partial charge in [0.2, 0.25) is 5.91 Å². The van der Waals surface area contributed by atoms with Crippen LogP contribution in [0.1, 0.15) is 31.4 Å². The number of aliphatic carboxylic acids is 1. The molecule has 0 aliphatic heterocycles. The Balaban J connectivity index is 1.50. The zero-order valence-corrected chi connectivity index (χ0v) is 12.3. The van der Waals surface area contributed by atoms with E-state index in [4.69, 9.17) is 5.11 Å². The van der Waals surface area contributed by atoms with Crippen LogP contribution in [0.4, 0.5) is 0 Å². The molecular weight excluding hydrogens is 290 g/mol. The summed E-state index contributed by atoms with van der Waals surface area (Å²) >= 11 is 1.54. The van der Waals surface area contributed by atoms with Crippen LogP contribution in [0.2, 0.25) is 0 Å². The van der Waals surface area contributed by atoms with Gasteiger partial charge in [-0.25, -0.2) is 4.98 Å². The molecule has 7 heteroatoms. The molecule has 1 fully saturated rings. The van der Waals surface area contributed by atoms with Gasteiger partial charge in [0.15, 0.2) is 4.96 Å². The van der Waals surface area contributed by atoms with E-state index in [1.807, 2.05) is 22.2 Å². The quantitative estimate of drug-likeness (QED) is 0.900. The second kappa shape index (κ2) is 5.85. The monoisotopic (exact) mass is 307 g/mol. The first-order valence-corrected chi connectivity index (χ1v) is 7.93. The minimum Gasteiger partial charge on any atom is -0.481 e. The van der Waals surface area contributed by atoms with Gasteiger partial charge in [0.25, 0.3) is 0 Å². The lowest BCUT2D eigenvalue weighted by Gasteiger charge is -2.26. The Bertz CT molecular complexity index is 627. The van der Waals surface area contributed by atoms with Gasteiger partial charge in [0.1, 0.15) is 0 Å². The molecule has 0 saturated heterocycles. The summed E-state index contributed by atoms with van der Waals surface area (Å²) in [6, 6.07) is 0.0943. The van der Waals surface area contributed by atoms with Gasteiger partial charge < -0.3 is 10.4 Å². The van der Waals surface area contributed by atoms with Crippen molar-refractivity contribution in [2.24, 2.45) is 5.92 Å². The fourth-order valence-electron chi connectivity index (χ4n) is 2.79. The third-order valence-electron chi connectivity index (χ3n) is 3.93. The summed E-state index contributed by atoms with van der Waals surface area (Å²) in [6.45, 7) is 0. The lowest BCUT2D eigenvalue weighted by atomic mass is 9.86. The molecule has 21 heavy (non-hydrogen) atoms. The maximum absolute atomic E-state index is 12.0. The molecule has 1 saturated carbocycles. The summed E-state index contributed by atoms with van der Waals surface area (Å²) in [5, 5.41) is 13.9. The van der Waals surface area contributed by atoms with Crippen molar-refractivity contribution >= 4 is 28.2 Å². The third kappa shape index (κ3) is 3.24. The fraction of sp³-hybridized carbons (Fsp3) is 0.500. The topological polar surface area (TPSA) is 83.7 Å². The fourth-order valence-corrected chi connectivity index (χ4v) is 3.51. The molecule has 0 spiro atoms. The number of nitrogens with zero attached hydrogens (tertiary/aromatic N) is 2. The highest BCUT2D eigenvalue weighted by Crippen LogP contribution is 2.24. The van der Waals surface area contributed by atoms with E-state index >= 15 is 0 Å². The number of aromatic nitrogens is 2. The van der Waals surface area contributed by atoms with Crippen molar-refractivity contribution in [3.63, 3.8) is 0 Å². The number of amides is 1. The summed E-state index contributed by atoms with van der Waals surface area (Å²) in [4.78, 5) is 28.2. The average Bonchev–Trinajstić information content (AvgIpc) is 3.00. The zero-order valence-electron chi connectivity index (χ0n) is 11.5. The number of hydrogen-bond donors (Lipinski definition) is 2. The summed E-state index contributed by atoms with van der Waals surface area (Å²) < 4.78 is 1.91. The summed E-state index contributed by atoms with van der Waals surface area (Å²) in [5.41, 5.74) is 0.763. The van der Waals surface area contributed by atoms with Gasteiger partial charge in [-0.1, -0.05) is 0 Å². The van der Waals surface area contributed by atoms with E-state index in [9.17, 15) is 9.59 Å². The second-order valence-corrected chi connectivity index (χ2v) is 6.33. The molecule has 3 rings (SSSR count). The van der Waals surface area contributed by atoms with Crippen molar-refractivity contribution in [1.82, 2.24) is 14.7 Å². The Labute approximate surface area is 125 Å². The van der Waals surface area contributed by atoms with E-state index in [0.29, 0.717) is 12.8 Å². The van der Waals surface area contributed by atoms with E-state index < -0.39 is 5.97 Å². The Morgan fingerprint density at radius 2 is 2.14 bits per heavy atom. The van der Waals surface area contributed by atoms with E-state index in [-0.39, 0.29) is 24.3 Å². The molecular formula is C14H17N3O3S. The first kappa shape index (κ1) is 14.1. The highest BCUT2D eigenvalue weighted by Gasteiger charge is 2.26. The van der Waals surface area contributed by atoms with Crippen LogP contribution >= 0.6 is 11.3 Å². The zero-order chi connectivity index (χ0) is 14.8. The molecule has 0 radical (unpaired) electrons. The van der Waals surface area contributed by atoms with Crippen molar-refractivity contribution in [2.75, 3.05) is 0 Å². The third-order valence-corrected chi connectivity index (χ3v) is 4.70. The van der Waals surface area contributed by atoms with Gasteiger partial charge in [-0.15, -0.1) is 11.3 Å². The largest absolute Gasteiger partial charge is 0.481 e. The molecule has 112 valence electrons. The number of hydrogen-bond acceptors (Lipinski definition) is 4. The number of nitrogens with one attached hydrogen (secondary N) is 1. The molecule has 2 N–H and O–H groups in total. The van der Waals surface area contributed by atoms with E-state index in [0.717, 1.165) is 23.5 Å². The molecule has 0 atom stereocenters. The van der Waals surface area contributed by atoms with E-state index in [2.05, 4.69) is 10.3 Å². The van der Waals surface area contributed by atoms with Crippen molar-refractivity contribution in [3.05, 3.63) is 23.5 Å². The first-order valence-electron chi connectivity index (χ1n) is 7.05.